The Labute approximate surface area is 170 Å². The van der Waals surface area contributed by atoms with Crippen molar-refractivity contribution in [1.29, 1.82) is 0 Å². The van der Waals surface area contributed by atoms with Crippen LogP contribution in [0.2, 0.25) is 0 Å². The van der Waals surface area contributed by atoms with E-state index in [1.54, 1.807) is 23.3 Å². The lowest BCUT2D eigenvalue weighted by Gasteiger charge is -2.18. The van der Waals surface area contributed by atoms with Crippen molar-refractivity contribution in [2.75, 3.05) is 13.1 Å². The topological polar surface area (TPSA) is 89.9 Å². The molecule has 0 saturated carbocycles. The molecule has 4 rings (SSSR count). The van der Waals surface area contributed by atoms with Crippen LogP contribution >= 0.6 is 0 Å². The maximum atomic E-state index is 12.7. The molecule has 1 amide bonds. The Morgan fingerprint density at radius 3 is 2.45 bits per heavy atom. The number of carbonyl (C=O) groups is 1. The molecule has 0 unspecified atom stereocenters. The predicted octanol–water partition coefficient (Wildman–Crippen LogP) is 3.63. The van der Waals surface area contributed by atoms with Gasteiger partial charge in [0.05, 0.1) is 5.56 Å². The normalized spacial score (nSPS) is 15.3. The van der Waals surface area contributed by atoms with Gasteiger partial charge < -0.3 is 9.42 Å². The Morgan fingerprint density at radius 2 is 1.83 bits per heavy atom. The second kappa shape index (κ2) is 7.77. The highest BCUT2D eigenvalue weighted by Crippen LogP contribution is 2.23. The Bertz CT molecular complexity index is 975. The van der Waals surface area contributed by atoms with Crippen LogP contribution in [0, 0.1) is 0 Å². The van der Waals surface area contributed by atoms with Gasteiger partial charge in [0.2, 0.25) is 0 Å². The van der Waals surface area contributed by atoms with Crippen LogP contribution in [-0.4, -0.2) is 48.6 Å². The minimum Gasteiger partial charge on any atom is -0.337 e. The number of nitrogens with zero attached hydrogens (tertiary/aromatic N) is 6. The molecule has 3 aromatic heterocycles. The molecule has 0 N–H and O–H groups in total. The molecule has 0 aliphatic carbocycles. The van der Waals surface area contributed by atoms with Crippen LogP contribution in [0.15, 0.2) is 35.4 Å². The molecule has 8 heteroatoms. The Hall–Kier alpha value is -3.03. The first kappa shape index (κ1) is 19.3. The summed E-state index contributed by atoms with van der Waals surface area (Å²) in [7, 11) is 0. The molecular formula is C21H26N6O2. The third-order valence-electron chi connectivity index (χ3n) is 5.05. The van der Waals surface area contributed by atoms with E-state index in [9.17, 15) is 4.79 Å². The van der Waals surface area contributed by atoms with E-state index in [1.807, 2.05) is 37.8 Å². The first-order valence-corrected chi connectivity index (χ1v) is 10.1. The average molecular weight is 394 g/mol. The van der Waals surface area contributed by atoms with Crippen molar-refractivity contribution in [3.63, 3.8) is 0 Å². The first-order valence-electron chi connectivity index (χ1n) is 10.1. The summed E-state index contributed by atoms with van der Waals surface area (Å²) < 4.78 is 7.12. The molecule has 0 spiro atoms. The largest absolute Gasteiger partial charge is 0.337 e. The van der Waals surface area contributed by atoms with Gasteiger partial charge in [-0.25, -0.2) is 9.97 Å². The summed E-state index contributed by atoms with van der Waals surface area (Å²) in [5.74, 6) is 1.76. The molecule has 8 nitrogen and oxygen atoms in total. The van der Waals surface area contributed by atoms with E-state index in [0.717, 1.165) is 31.5 Å². The number of hydrogen-bond donors (Lipinski definition) is 0. The summed E-state index contributed by atoms with van der Waals surface area (Å²) in [5, 5.41) is 4.05. The van der Waals surface area contributed by atoms with Gasteiger partial charge in [0.25, 0.3) is 11.8 Å². The maximum absolute atomic E-state index is 12.7. The molecule has 1 saturated heterocycles. The summed E-state index contributed by atoms with van der Waals surface area (Å²) in [4.78, 5) is 27.8. The van der Waals surface area contributed by atoms with Crippen LogP contribution in [0.5, 0.6) is 0 Å². The number of pyridine rings is 1. The molecule has 1 fully saturated rings. The minimum absolute atomic E-state index is 0.0113. The second-order valence-corrected chi connectivity index (χ2v) is 8.45. The summed E-state index contributed by atoms with van der Waals surface area (Å²) in [6.45, 7) is 7.71. The maximum Gasteiger partial charge on any atom is 0.274 e. The molecule has 0 atom stereocenters. The molecule has 0 radical (unpaired) electrons. The molecule has 0 bridgehead atoms. The summed E-state index contributed by atoms with van der Waals surface area (Å²) in [5.41, 5.74) is 1.02. The van der Waals surface area contributed by atoms with Gasteiger partial charge in [-0.1, -0.05) is 38.8 Å². The second-order valence-electron chi connectivity index (χ2n) is 8.45. The predicted molar refractivity (Wildman–Crippen MR) is 108 cm³/mol. The lowest BCUT2D eigenvalue weighted by molar-refractivity contribution is 0.0756. The van der Waals surface area contributed by atoms with Gasteiger partial charge in [-0.15, -0.1) is 0 Å². The fourth-order valence-electron chi connectivity index (χ4n) is 3.30. The number of likely N-dealkylation sites (tertiary alicyclic amines) is 1. The van der Waals surface area contributed by atoms with Crippen molar-refractivity contribution in [2.24, 2.45) is 0 Å². The average Bonchev–Trinajstić information content (AvgIpc) is 3.32. The van der Waals surface area contributed by atoms with Crippen LogP contribution in [0.3, 0.4) is 0 Å². The molecule has 3 aromatic rings. The molecule has 0 aromatic carbocycles. The Balaban J connectivity index is 1.50. The Morgan fingerprint density at radius 1 is 1.07 bits per heavy atom. The highest BCUT2D eigenvalue weighted by atomic mass is 16.5. The van der Waals surface area contributed by atoms with Gasteiger partial charge in [-0.3, -0.25) is 9.36 Å². The highest BCUT2D eigenvalue weighted by molar-refractivity contribution is 5.92. The quantitative estimate of drug-likeness (QED) is 0.674. The molecule has 1 aliphatic rings. The van der Waals surface area contributed by atoms with Crippen LogP contribution in [-0.2, 0) is 5.41 Å². The number of carbonyl (C=O) groups excluding carboxylic acids is 1. The van der Waals surface area contributed by atoms with E-state index < -0.39 is 0 Å². The van der Waals surface area contributed by atoms with Gasteiger partial charge in [0, 0.05) is 30.9 Å². The number of rotatable bonds is 3. The Kier molecular flexibility index (Phi) is 5.17. The van der Waals surface area contributed by atoms with Gasteiger partial charge in [0.15, 0.2) is 5.82 Å². The van der Waals surface area contributed by atoms with Gasteiger partial charge in [-0.05, 0) is 25.0 Å². The fraction of sp³-hybridized carbons (Fsp3) is 0.476. The molecule has 29 heavy (non-hydrogen) atoms. The zero-order chi connectivity index (χ0) is 20.4. The van der Waals surface area contributed by atoms with Crippen LogP contribution < -0.4 is 0 Å². The van der Waals surface area contributed by atoms with E-state index in [0.29, 0.717) is 23.2 Å². The van der Waals surface area contributed by atoms with Gasteiger partial charge in [-0.2, -0.15) is 4.98 Å². The fourth-order valence-corrected chi connectivity index (χ4v) is 3.30. The first-order chi connectivity index (χ1) is 13.9. The van der Waals surface area contributed by atoms with Crippen LogP contribution in [0.25, 0.3) is 17.3 Å². The summed E-state index contributed by atoms with van der Waals surface area (Å²) in [6.07, 6.45) is 9.53. The highest BCUT2D eigenvalue weighted by Gasteiger charge is 2.22. The number of aromatic nitrogens is 5. The van der Waals surface area contributed by atoms with Gasteiger partial charge >= 0.3 is 0 Å². The van der Waals surface area contributed by atoms with Crippen molar-refractivity contribution in [3.05, 3.63) is 42.4 Å². The molecule has 4 heterocycles. The smallest absolute Gasteiger partial charge is 0.274 e. The van der Waals surface area contributed by atoms with Crippen molar-refractivity contribution >= 4 is 5.91 Å². The molecular weight excluding hydrogens is 368 g/mol. The third-order valence-corrected chi connectivity index (χ3v) is 5.05. The number of hydrogen-bond acceptors (Lipinski definition) is 6. The summed E-state index contributed by atoms with van der Waals surface area (Å²) >= 11 is 0. The van der Waals surface area contributed by atoms with E-state index in [1.165, 1.54) is 12.8 Å². The monoisotopic (exact) mass is 394 g/mol. The van der Waals surface area contributed by atoms with Crippen molar-refractivity contribution in [3.8, 4) is 17.3 Å². The number of amides is 1. The zero-order valence-corrected chi connectivity index (χ0v) is 17.1. The van der Waals surface area contributed by atoms with E-state index in [2.05, 4.69) is 20.1 Å². The minimum atomic E-state index is -0.178. The van der Waals surface area contributed by atoms with Crippen molar-refractivity contribution in [2.45, 2.75) is 51.9 Å². The lowest BCUT2D eigenvalue weighted by Crippen LogP contribution is -2.32. The van der Waals surface area contributed by atoms with E-state index in [-0.39, 0.29) is 11.3 Å². The van der Waals surface area contributed by atoms with Crippen molar-refractivity contribution in [1.82, 2.24) is 29.6 Å². The zero-order valence-electron chi connectivity index (χ0n) is 17.1. The number of imidazole rings is 1. The third kappa shape index (κ3) is 4.21. The molecule has 1 aliphatic heterocycles. The summed E-state index contributed by atoms with van der Waals surface area (Å²) in [6, 6.07) is 3.72. The van der Waals surface area contributed by atoms with E-state index in [4.69, 9.17) is 4.52 Å². The van der Waals surface area contributed by atoms with Crippen LogP contribution in [0.4, 0.5) is 0 Å². The standard InChI is InChI=1S/C21H26N6O2/c1-21(2,3)20-24-18(29-25-20)15-8-9-17(22-12-15)27-13-16(23-14-27)19(28)26-10-6-4-5-7-11-26/h8-9,12-14H,4-7,10-11H2,1-3H3. The SMILES string of the molecule is CC(C)(C)c1noc(-c2ccc(-n3cnc(C(=O)N4CCCCCC4)c3)nc2)n1. The van der Waals surface area contributed by atoms with E-state index >= 15 is 0 Å². The lowest BCUT2D eigenvalue weighted by atomic mass is 9.96. The molecule has 152 valence electrons. The van der Waals surface area contributed by atoms with Gasteiger partial charge in [0.1, 0.15) is 17.8 Å². The van der Waals surface area contributed by atoms with Crippen molar-refractivity contribution < 1.29 is 9.32 Å². The van der Waals surface area contributed by atoms with Crippen LogP contribution in [0.1, 0.15) is 62.8 Å².